The molecule has 38 heavy (non-hydrogen) atoms. The van der Waals surface area contributed by atoms with Gasteiger partial charge in [-0.15, -0.1) is 0 Å². The summed E-state index contributed by atoms with van der Waals surface area (Å²) in [5, 5.41) is 30.6. The molecule has 1 amide bonds. The van der Waals surface area contributed by atoms with Gasteiger partial charge in [-0.3, -0.25) is 9.69 Å². The van der Waals surface area contributed by atoms with Crippen LogP contribution in [0.25, 0.3) is 5.65 Å². The molecule has 2 aromatic heterocycles. The Morgan fingerprint density at radius 3 is 2.66 bits per heavy atom. The molecular formula is C25H26ClN11O. The fraction of sp³-hybridized carbons (Fsp3) is 0.440. The Morgan fingerprint density at radius 1 is 1.16 bits per heavy atom. The summed E-state index contributed by atoms with van der Waals surface area (Å²) in [4.78, 5) is 25.0. The molecule has 3 heterocycles. The molecule has 2 saturated carbocycles. The van der Waals surface area contributed by atoms with Gasteiger partial charge in [0.1, 0.15) is 11.6 Å². The molecule has 1 atom stereocenters. The number of aromatic nitrogens is 4. The number of piperazine rings is 1. The highest BCUT2D eigenvalue weighted by molar-refractivity contribution is 6.36. The lowest BCUT2D eigenvalue weighted by atomic mass is 10.0. The standard InChI is InChI=1S/C25H26ClN11O/c26-22-18(32-24-33-23-16(10-28)11-30-37(23)25(34-24)31-17-3-4-17)7-14(9-27)8-19(22)36-6-5-35(13-21(29)38)12-20(36)15-1-2-15/h7-8,11,15,17,20H,1-6,12-13H2,(H2,29,38)(H2,31,32,33,34). The van der Waals surface area contributed by atoms with E-state index in [4.69, 9.17) is 17.3 Å². The molecule has 6 rings (SSSR count). The number of nitrogens with two attached hydrogens (primary N) is 1. The van der Waals surface area contributed by atoms with Crippen molar-refractivity contribution in [2.75, 3.05) is 41.7 Å². The van der Waals surface area contributed by atoms with Gasteiger partial charge in [0, 0.05) is 31.7 Å². The molecule has 3 aliphatic rings. The number of anilines is 4. The SMILES string of the molecule is N#Cc1cc(Nc2nc(NC3CC3)n3ncc(C#N)c3n2)c(Cl)c(N2CCN(CC(N)=O)CC2C2CC2)c1. The molecule has 13 heteroatoms. The summed E-state index contributed by atoms with van der Waals surface area (Å²) in [6.45, 7) is 2.25. The maximum Gasteiger partial charge on any atom is 0.232 e. The first-order valence-corrected chi connectivity index (χ1v) is 13.0. The molecule has 4 N–H and O–H groups in total. The van der Waals surface area contributed by atoms with E-state index in [1.165, 1.54) is 10.7 Å². The van der Waals surface area contributed by atoms with Gasteiger partial charge in [-0.25, -0.2) is 0 Å². The first kappa shape index (κ1) is 24.2. The van der Waals surface area contributed by atoms with Crippen LogP contribution in [0.1, 0.15) is 36.8 Å². The molecule has 1 aliphatic heterocycles. The van der Waals surface area contributed by atoms with Crippen molar-refractivity contribution in [3.05, 3.63) is 34.5 Å². The van der Waals surface area contributed by atoms with Crippen LogP contribution < -0.4 is 21.3 Å². The second kappa shape index (κ2) is 9.63. The molecule has 0 radical (unpaired) electrons. The number of nitriles is 2. The lowest BCUT2D eigenvalue weighted by Crippen LogP contribution is -2.55. The van der Waals surface area contributed by atoms with Gasteiger partial charge in [-0.1, -0.05) is 11.6 Å². The summed E-state index contributed by atoms with van der Waals surface area (Å²) in [5.41, 5.74) is 7.84. The molecule has 194 valence electrons. The van der Waals surface area contributed by atoms with E-state index >= 15 is 0 Å². The first-order valence-electron chi connectivity index (χ1n) is 12.6. The van der Waals surface area contributed by atoms with E-state index in [0.717, 1.165) is 31.4 Å². The molecular weight excluding hydrogens is 506 g/mol. The minimum absolute atomic E-state index is 0.161. The molecule has 0 spiro atoms. The Hall–Kier alpha value is -4.13. The Balaban J connectivity index is 1.35. The number of amides is 1. The summed E-state index contributed by atoms with van der Waals surface area (Å²) in [5.74, 6) is 0.880. The van der Waals surface area contributed by atoms with Crippen LogP contribution in [-0.2, 0) is 4.79 Å². The van der Waals surface area contributed by atoms with Crippen molar-refractivity contribution in [3.63, 3.8) is 0 Å². The fourth-order valence-corrected chi connectivity index (χ4v) is 5.29. The highest BCUT2D eigenvalue weighted by atomic mass is 35.5. The van der Waals surface area contributed by atoms with Crippen LogP contribution in [0.15, 0.2) is 18.3 Å². The molecule has 3 fully saturated rings. The van der Waals surface area contributed by atoms with E-state index in [2.05, 4.69) is 47.6 Å². The molecule has 12 nitrogen and oxygen atoms in total. The number of rotatable bonds is 8. The normalized spacial score (nSPS) is 19.7. The predicted molar refractivity (Wildman–Crippen MR) is 141 cm³/mol. The number of nitrogens with zero attached hydrogens (tertiary/aromatic N) is 8. The van der Waals surface area contributed by atoms with Crippen LogP contribution in [0.3, 0.4) is 0 Å². The number of hydrogen-bond acceptors (Lipinski definition) is 10. The maximum atomic E-state index is 11.5. The number of fused-ring (bicyclic) bond motifs is 1. The van der Waals surface area contributed by atoms with Crippen LogP contribution >= 0.6 is 11.6 Å². The molecule has 2 aliphatic carbocycles. The minimum atomic E-state index is -0.339. The van der Waals surface area contributed by atoms with E-state index in [1.54, 1.807) is 6.07 Å². The lowest BCUT2D eigenvalue weighted by Gasteiger charge is -2.43. The number of benzene rings is 1. The monoisotopic (exact) mass is 531 g/mol. The zero-order chi connectivity index (χ0) is 26.4. The summed E-state index contributed by atoms with van der Waals surface area (Å²) < 4.78 is 1.52. The average molecular weight is 532 g/mol. The van der Waals surface area contributed by atoms with E-state index in [9.17, 15) is 15.3 Å². The van der Waals surface area contributed by atoms with Gasteiger partial charge in [-0.05, 0) is 43.7 Å². The number of carbonyl (C=O) groups excluding carboxylic acids is 1. The van der Waals surface area contributed by atoms with Crippen molar-refractivity contribution >= 4 is 46.4 Å². The third-order valence-corrected chi connectivity index (χ3v) is 7.58. The van der Waals surface area contributed by atoms with Crippen LogP contribution in [0.5, 0.6) is 0 Å². The number of hydrogen-bond donors (Lipinski definition) is 3. The van der Waals surface area contributed by atoms with Gasteiger partial charge >= 0.3 is 0 Å². The second-order valence-corrected chi connectivity index (χ2v) is 10.5. The van der Waals surface area contributed by atoms with Crippen molar-refractivity contribution in [1.82, 2.24) is 24.5 Å². The van der Waals surface area contributed by atoms with Crippen LogP contribution in [-0.4, -0.2) is 68.7 Å². The summed E-state index contributed by atoms with van der Waals surface area (Å²) in [6, 6.07) is 8.30. The van der Waals surface area contributed by atoms with Crippen molar-refractivity contribution in [1.29, 1.82) is 10.5 Å². The van der Waals surface area contributed by atoms with Crippen LogP contribution in [0.4, 0.5) is 23.3 Å². The number of halogens is 1. The summed E-state index contributed by atoms with van der Waals surface area (Å²) in [7, 11) is 0. The summed E-state index contributed by atoms with van der Waals surface area (Å²) >= 11 is 6.98. The van der Waals surface area contributed by atoms with Crippen molar-refractivity contribution < 1.29 is 4.79 Å². The third kappa shape index (κ3) is 4.76. The third-order valence-electron chi connectivity index (χ3n) is 7.19. The summed E-state index contributed by atoms with van der Waals surface area (Å²) in [6.07, 6.45) is 5.76. The smallest absolute Gasteiger partial charge is 0.232 e. The highest BCUT2D eigenvalue weighted by Gasteiger charge is 2.40. The largest absolute Gasteiger partial charge is 0.369 e. The van der Waals surface area contributed by atoms with Crippen molar-refractivity contribution in [3.8, 4) is 12.1 Å². The fourth-order valence-electron chi connectivity index (χ4n) is 5.03. The minimum Gasteiger partial charge on any atom is -0.369 e. The quantitative estimate of drug-likeness (QED) is 0.392. The van der Waals surface area contributed by atoms with Gasteiger partial charge in [-0.2, -0.15) is 30.1 Å². The van der Waals surface area contributed by atoms with E-state index in [1.807, 2.05) is 6.07 Å². The van der Waals surface area contributed by atoms with Gasteiger partial charge in [0.25, 0.3) is 0 Å². The Kier molecular flexibility index (Phi) is 6.14. The van der Waals surface area contributed by atoms with Crippen molar-refractivity contribution in [2.45, 2.75) is 37.8 Å². The Bertz CT molecular complexity index is 1500. The first-order chi connectivity index (χ1) is 18.4. The van der Waals surface area contributed by atoms with Gasteiger partial charge in [0.15, 0.2) is 5.65 Å². The second-order valence-electron chi connectivity index (χ2n) is 10.1. The number of carbonyl (C=O) groups is 1. The molecule has 1 unspecified atom stereocenters. The number of primary amides is 1. The lowest BCUT2D eigenvalue weighted by molar-refractivity contribution is -0.119. The molecule has 1 aromatic carbocycles. The van der Waals surface area contributed by atoms with Gasteiger partial charge < -0.3 is 21.3 Å². The van der Waals surface area contributed by atoms with Crippen LogP contribution in [0.2, 0.25) is 5.02 Å². The van der Waals surface area contributed by atoms with Crippen molar-refractivity contribution in [2.24, 2.45) is 11.7 Å². The topological polar surface area (TPSA) is 164 Å². The zero-order valence-electron chi connectivity index (χ0n) is 20.6. The molecule has 3 aromatic rings. The van der Waals surface area contributed by atoms with Gasteiger partial charge in [0.2, 0.25) is 17.8 Å². The molecule has 0 bridgehead atoms. The molecule has 1 saturated heterocycles. The maximum absolute atomic E-state index is 11.5. The van der Waals surface area contributed by atoms with Gasteiger partial charge in [0.05, 0.1) is 40.8 Å². The Labute approximate surface area is 224 Å². The van der Waals surface area contributed by atoms with E-state index < -0.39 is 0 Å². The van der Waals surface area contributed by atoms with E-state index in [-0.39, 0.29) is 24.4 Å². The Morgan fingerprint density at radius 2 is 1.97 bits per heavy atom. The van der Waals surface area contributed by atoms with Crippen LogP contribution in [0, 0.1) is 28.6 Å². The zero-order valence-corrected chi connectivity index (χ0v) is 21.3. The van der Waals surface area contributed by atoms with E-state index in [0.29, 0.717) is 65.0 Å². The highest BCUT2D eigenvalue weighted by Crippen LogP contribution is 2.43. The predicted octanol–water partition coefficient (Wildman–Crippen LogP) is 2.22. The average Bonchev–Trinajstić information content (AvgIpc) is 3.84. The number of nitrogens with one attached hydrogen (secondary N) is 2.